The number of carbonyl (C=O) groups is 1. The summed E-state index contributed by atoms with van der Waals surface area (Å²) in [6.45, 7) is 8.33. The van der Waals surface area contributed by atoms with Gasteiger partial charge in [0, 0.05) is 36.6 Å². The summed E-state index contributed by atoms with van der Waals surface area (Å²) in [6.07, 6.45) is 2.54. The van der Waals surface area contributed by atoms with Crippen molar-refractivity contribution in [2.24, 2.45) is 0 Å². The lowest BCUT2D eigenvalue weighted by atomic mass is 10.0. The van der Waals surface area contributed by atoms with E-state index in [-0.39, 0.29) is 24.4 Å². The quantitative estimate of drug-likeness (QED) is 0.604. The zero-order chi connectivity index (χ0) is 25.2. The Morgan fingerprint density at radius 2 is 1.80 bits per heavy atom. The topological polar surface area (TPSA) is 99.2 Å². The summed E-state index contributed by atoms with van der Waals surface area (Å²) in [7, 11) is -3.33. The van der Waals surface area contributed by atoms with Crippen molar-refractivity contribution < 1.29 is 23.1 Å². The molecule has 2 heterocycles. The molecule has 2 saturated heterocycles. The number of ether oxygens (including phenoxy) is 1. The van der Waals surface area contributed by atoms with Gasteiger partial charge >= 0.3 is 0 Å². The lowest BCUT2D eigenvalue weighted by Gasteiger charge is -2.34. The van der Waals surface area contributed by atoms with Crippen molar-refractivity contribution in [1.29, 1.82) is 0 Å². The zero-order valence-corrected chi connectivity index (χ0v) is 21.5. The van der Waals surface area contributed by atoms with Crippen molar-refractivity contribution in [3.05, 3.63) is 52.6 Å². The minimum Gasteiger partial charge on any atom is -0.394 e. The van der Waals surface area contributed by atoms with Gasteiger partial charge in [-0.2, -0.15) is 0 Å². The van der Waals surface area contributed by atoms with Gasteiger partial charge in [0.15, 0.2) is 0 Å². The van der Waals surface area contributed by atoms with Crippen molar-refractivity contribution in [1.82, 2.24) is 0 Å². The van der Waals surface area contributed by atoms with E-state index >= 15 is 0 Å². The number of aryl methyl sites for hydroxylation is 2. The summed E-state index contributed by atoms with van der Waals surface area (Å²) < 4.78 is 31.9. The maximum atomic E-state index is 13.3. The first-order valence-corrected chi connectivity index (χ1v) is 13.8. The van der Waals surface area contributed by atoms with Crippen LogP contribution in [0.1, 0.15) is 46.3 Å². The number of amides is 1. The van der Waals surface area contributed by atoms with E-state index in [1.807, 2.05) is 39.0 Å². The second-order valence-electron chi connectivity index (χ2n) is 9.47. The van der Waals surface area contributed by atoms with E-state index < -0.39 is 10.0 Å². The van der Waals surface area contributed by atoms with Gasteiger partial charge in [0.25, 0.3) is 5.91 Å². The molecule has 2 aliphatic rings. The van der Waals surface area contributed by atoms with Crippen LogP contribution < -0.4 is 14.5 Å². The molecule has 2 N–H and O–H groups in total. The minimum atomic E-state index is -3.33. The number of benzene rings is 2. The Morgan fingerprint density at radius 1 is 1.06 bits per heavy atom. The molecule has 0 bridgehead atoms. The van der Waals surface area contributed by atoms with Crippen LogP contribution in [-0.4, -0.2) is 64.1 Å². The van der Waals surface area contributed by atoms with Crippen LogP contribution in [-0.2, 0) is 14.8 Å². The number of nitrogens with one attached hydrogen (secondary N) is 1. The number of rotatable bonds is 7. The smallest absolute Gasteiger partial charge is 0.256 e. The molecule has 9 heteroatoms. The first-order chi connectivity index (χ1) is 16.7. The monoisotopic (exact) mass is 501 g/mol. The first kappa shape index (κ1) is 25.5. The number of piperidine rings is 1. The summed E-state index contributed by atoms with van der Waals surface area (Å²) in [5.74, 6) is -0.116. The van der Waals surface area contributed by atoms with Crippen molar-refractivity contribution in [3.8, 4) is 0 Å². The van der Waals surface area contributed by atoms with Crippen LogP contribution in [0.5, 0.6) is 0 Å². The van der Waals surface area contributed by atoms with Crippen molar-refractivity contribution in [3.63, 3.8) is 0 Å². The Kier molecular flexibility index (Phi) is 7.68. The minimum absolute atomic E-state index is 0.0386. The molecule has 1 amide bonds. The van der Waals surface area contributed by atoms with Crippen molar-refractivity contribution in [2.45, 2.75) is 46.1 Å². The first-order valence-electron chi connectivity index (χ1n) is 12.2. The third-order valence-electron chi connectivity index (χ3n) is 6.86. The Morgan fingerprint density at radius 3 is 2.46 bits per heavy atom. The summed E-state index contributed by atoms with van der Waals surface area (Å²) in [4.78, 5) is 15.6. The van der Waals surface area contributed by atoms with Gasteiger partial charge < -0.3 is 20.1 Å². The van der Waals surface area contributed by atoms with E-state index in [9.17, 15) is 13.2 Å². The molecular weight excluding hydrogens is 466 g/mol. The molecular formula is C26H35N3O5S. The fourth-order valence-corrected chi connectivity index (χ4v) is 6.41. The van der Waals surface area contributed by atoms with Gasteiger partial charge in [0.05, 0.1) is 30.8 Å². The summed E-state index contributed by atoms with van der Waals surface area (Å²) >= 11 is 0. The molecule has 2 aromatic rings. The molecule has 2 aromatic carbocycles. The van der Waals surface area contributed by atoms with Gasteiger partial charge in [-0.25, -0.2) is 8.42 Å². The summed E-state index contributed by atoms with van der Waals surface area (Å²) in [6, 6.07) is 9.56. The highest BCUT2D eigenvalue weighted by atomic mass is 32.2. The molecule has 2 aliphatic heterocycles. The molecule has 2 fully saturated rings. The number of sulfonamides is 1. The van der Waals surface area contributed by atoms with Crippen LogP contribution in [0, 0.1) is 20.8 Å². The molecule has 0 radical (unpaired) electrons. The Labute approximate surface area is 207 Å². The highest BCUT2D eigenvalue weighted by Crippen LogP contribution is 2.30. The number of anilines is 3. The van der Waals surface area contributed by atoms with Gasteiger partial charge in [0.1, 0.15) is 0 Å². The fraction of sp³-hybridized carbons (Fsp3) is 0.500. The Hall–Kier alpha value is -2.62. The van der Waals surface area contributed by atoms with E-state index in [1.54, 1.807) is 6.07 Å². The Balaban J connectivity index is 1.52. The number of carbonyl (C=O) groups excluding carboxylic acids is 1. The molecule has 0 aliphatic carbocycles. The van der Waals surface area contributed by atoms with Crippen LogP contribution in [0.15, 0.2) is 30.3 Å². The van der Waals surface area contributed by atoms with E-state index in [4.69, 9.17) is 9.84 Å². The number of hydrogen-bond donors (Lipinski definition) is 2. The Bertz CT molecular complexity index is 1190. The second kappa shape index (κ2) is 10.6. The number of hydrogen-bond acceptors (Lipinski definition) is 6. The number of nitrogens with zero attached hydrogens (tertiary/aromatic N) is 2. The van der Waals surface area contributed by atoms with Gasteiger partial charge in [-0.1, -0.05) is 0 Å². The third-order valence-corrected chi connectivity index (χ3v) is 8.73. The standard InChI is InChI=1S/C26H35N3O5S/c1-18-13-21(16-22(14-18)28-8-5-24(6-9-28)34-11-10-30)27-26(31)25-17-23(15-19(2)20(25)3)29-7-4-12-35(29,32)33/h13-17,24,30H,4-12H2,1-3H3,(H,27,31). The molecule has 0 spiro atoms. The molecule has 4 rings (SSSR count). The molecule has 0 atom stereocenters. The van der Waals surface area contributed by atoms with Crippen LogP contribution in [0.2, 0.25) is 0 Å². The molecule has 8 nitrogen and oxygen atoms in total. The number of aliphatic hydroxyl groups is 1. The lowest BCUT2D eigenvalue weighted by Crippen LogP contribution is -2.37. The summed E-state index contributed by atoms with van der Waals surface area (Å²) in [5.41, 5.74) is 5.54. The average Bonchev–Trinajstić information content (AvgIpc) is 3.18. The molecule has 35 heavy (non-hydrogen) atoms. The van der Waals surface area contributed by atoms with E-state index in [1.165, 1.54) is 4.31 Å². The lowest BCUT2D eigenvalue weighted by molar-refractivity contribution is 0.0159. The van der Waals surface area contributed by atoms with Gasteiger partial charge in [0.2, 0.25) is 10.0 Å². The highest BCUT2D eigenvalue weighted by Gasteiger charge is 2.29. The predicted octanol–water partition coefficient (Wildman–Crippen LogP) is 3.38. The average molecular weight is 502 g/mol. The van der Waals surface area contributed by atoms with Gasteiger partial charge in [-0.05, 0) is 87.1 Å². The molecule has 190 valence electrons. The molecule has 0 unspecified atom stereocenters. The SMILES string of the molecule is Cc1cc(NC(=O)c2cc(N3CCCS3(=O)=O)cc(C)c2C)cc(N2CCC(OCCO)CC2)c1. The second-order valence-corrected chi connectivity index (χ2v) is 11.5. The van der Waals surface area contributed by atoms with Crippen molar-refractivity contribution >= 4 is 33.0 Å². The summed E-state index contributed by atoms with van der Waals surface area (Å²) in [5, 5.41) is 12.0. The zero-order valence-electron chi connectivity index (χ0n) is 20.7. The van der Waals surface area contributed by atoms with Crippen LogP contribution in [0.4, 0.5) is 17.1 Å². The van der Waals surface area contributed by atoms with E-state index in [2.05, 4.69) is 16.3 Å². The van der Waals surface area contributed by atoms with Crippen molar-refractivity contribution in [2.75, 3.05) is 53.1 Å². The maximum Gasteiger partial charge on any atom is 0.256 e. The van der Waals surface area contributed by atoms with Crippen LogP contribution in [0.3, 0.4) is 0 Å². The molecule has 0 aromatic heterocycles. The predicted molar refractivity (Wildman–Crippen MR) is 139 cm³/mol. The maximum absolute atomic E-state index is 13.3. The van der Waals surface area contributed by atoms with Gasteiger partial charge in [-0.15, -0.1) is 0 Å². The highest BCUT2D eigenvalue weighted by molar-refractivity contribution is 7.93. The normalized spacial score (nSPS) is 18.2. The largest absolute Gasteiger partial charge is 0.394 e. The fourth-order valence-electron chi connectivity index (χ4n) is 4.87. The van der Waals surface area contributed by atoms with E-state index in [0.29, 0.717) is 36.5 Å². The van der Waals surface area contributed by atoms with E-state index in [0.717, 1.165) is 48.3 Å². The van der Waals surface area contributed by atoms with Crippen LogP contribution >= 0.6 is 0 Å². The third kappa shape index (κ3) is 5.79. The number of aliphatic hydroxyl groups excluding tert-OH is 1. The molecule has 0 saturated carbocycles. The van der Waals surface area contributed by atoms with Crippen LogP contribution in [0.25, 0.3) is 0 Å². The van der Waals surface area contributed by atoms with Gasteiger partial charge in [-0.3, -0.25) is 9.10 Å².